The van der Waals surface area contributed by atoms with E-state index in [0.29, 0.717) is 12.1 Å². The van der Waals surface area contributed by atoms with Crippen LogP contribution in [0.3, 0.4) is 0 Å². The third-order valence-corrected chi connectivity index (χ3v) is 8.21. The average Bonchev–Trinajstić information content (AvgIpc) is 3.26. The lowest BCUT2D eigenvalue weighted by Gasteiger charge is -2.23. The van der Waals surface area contributed by atoms with Gasteiger partial charge in [-0.05, 0) is 59.5 Å². The van der Waals surface area contributed by atoms with Crippen LogP contribution in [0.25, 0.3) is 10.1 Å². The smallest absolute Gasteiger partial charge is 0.419 e. The number of anilines is 1. The first-order chi connectivity index (χ1) is 16.5. The predicted octanol–water partition coefficient (Wildman–Crippen LogP) is 6.24. The molecule has 3 aromatic carbocycles. The average molecular weight is 524 g/mol. The Labute approximate surface area is 202 Å². The molecule has 0 fully saturated rings. The molecule has 182 valence electrons. The number of hydrogen-bond donors (Lipinski definition) is 0. The van der Waals surface area contributed by atoms with Gasteiger partial charge in [-0.25, -0.2) is 17.6 Å². The highest BCUT2D eigenvalue weighted by Gasteiger charge is 2.35. The summed E-state index contributed by atoms with van der Waals surface area (Å²) in [6, 6.07) is 16.1. The molecule has 0 aliphatic carbocycles. The Hall–Kier alpha value is -3.44. The minimum atomic E-state index is -4.94. The maximum Gasteiger partial charge on any atom is 0.419 e. The zero-order valence-electron chi connectivity index (χ0n) is 18.0. The van der Waals surface area contributed by atoms with Gasteiger partial charge in [0.25, 0.3) is 10.0 Å². The van der Waals surface area contributed by atoms with Gasteiger partial charge in [-0.1, -0.05) is 24.3 Å². The molecule has 0 unspecified atom stereocenters. The summed E-state index contributed by atoms with van der Waals surface area (Å²) in [7, 11) is -3.10. The Bertz CT molecular complexity index is 1460. The van der Waals surface area contributed by atoms with E-state index in [0.717, 1.165) is 31.8 Å². The highest BCUT2D eigenvalue weighted by Crippen LogP contribution is 2.37. The summed E-state index contributed by atoms with van der Waals surface area (Å²) in [6.45, 7) is -0.475. The molecular formula is C24H17F4NO4S2. The van der Waals surface area contributed by atoms with Gasteiger partial charge in [-0.2, -0.15) is 13.2 Å². The molecule has 0 saturated carbocycles. The number of halogens is 4. The molecule has 0 radical (unpaired) electrons. The van der Waals surface area contributed by atoms with Gasteiger partial charge in [-0.15, -0.1) is 11.3 Å². The third-order valence-electron chi connectivity index (χ3n) is 5.18. The lowest BCUT2D eigenvalue weighted by Crippen LogP contribution is -2.30. The molecule has 1 heterocycles. The number of carbonyl (C=O) groups excluding carboxylic acids is 1. The van der Waals surface area contributed by atoms with Crippen molar-refractivity contribution >= 4 is 42.4 Å². The Kier molecular flexibility index (Phi) is 6.56. The second-order valence-electron chi connectivity index (χ2n) is 7.46. The number of nitrogens with zero attached hydrogens (tertiary/aromatic N) is 1. The molecule has 5 nitrogen and oxygen atoms in total. The van der Waals surface area contributed by atoms with Crippen molar-refractivity contribution in [1.82, 2.24) is 0 Å². The maximum atomic E-state index is 13.8. The van der Waals surface area contributed by atoms with Crippen molar-refractivity contribution in [1.29, 1.82) is 0 Å². The molecule has 0 spiro atoms. The first-order valence-corrected chi connectivity index (χ1v) is 12.3. The largest absolute Gasteiger partial charge is 0.465 e. The SMILES string of the molecule is COC(=O)c1ccc(S(=O)(=O)N(Cc2ccc(F)c(C(F)(F)F)c2)c2cc3ccccc3s2)cc1. The second-order valence-corrected chi connectivity index (χ2v) is 10.4. The minimum absolute atomic E-state index is 0.0501. The van der Waals surface area contributed by atoms with Crippen LogP contribution < -0.4 is 4.31 Å². The van der Waals surface area contributed by atoms with Crippen LogP contribution in [0.4, 0.5) is 22.6 Å². The molecule has 4 aromatic rings. The van der Waals surface area contributed by atoms with E-state index in [1.807, 2.05) is 0 Å². The Morgan fingerprint density at radius 3 is 2.31 bits per heavy atom. The van der Waals surface area contributed by atoms with Crippen molar-refractivity contribution in [3.8, 4) is 0 Å². The lowest BCUT2D eigenvalue weighted by atomic mass is 10.1. The van der Waals surface area contributed by atoms with Crippen molar-refractivity contribution in [3.05, 3.63) is 95.3 Å². The minimum Gasteiger partial charge on any atom is -0.465 e. The predicted molar refractivity (Wildman–Crippen MR) is 124 cm³/mol. The van der Waals surface area contributed by atoms with Crippen LogP contribution in [0.1, 0.15) is 21.5 Å². The van der Waals surface area contributed by atoms with Crippen molar-refractivity contribution < 1.29 is 35.5 Å². The van der Waals surface area contributed by atoms with Gasteiger partial charge in [0.2, 0.25) is 0 Å². The lowest BCUT2D eigenvalue weighted by molar-refractivity contribution is -0.140. The quantitative estimate of drug-likeness (QED) is 0.222. The van der Waals surface area contributed by atoms with Gasteiger partial charge in [0.15, 0.2) is 0 Å². The molecule has 1 aromatic heterocycles. The van der Waals surface area contributed by atoms with E-state index in [2.05, 4.69) is 4.74 Å². The van der Waals surface area contributed by atoms with Crippen LogP contribution in [0.2, 0.25) is 0 Å². The number of benzene rings is 3. The number of fused-ring (bicyclic) bond motifs is 1. The molecule has 0 N–H and O–H groups in total. The summed E-state index contributed by atoms with van der Waals surface area (Å²) >= 11 is 1.15. The van der Waals surface area contributed by atoms with Crippen molar-refractivity contribution in [3.63, 3.8) is 0 Å². The molecule has 35 heavy (non-hydrogen) atoms. The summed E-state index contributed by atoms with van der Waals surface area (Å²) in [5.41, 5.74) is -1.40. The normalized spacial score (nSPS) is 12.0. The number of rotatable bonds is 6. The fourth-order valence-electron chi connectivity index (χ4n) is 3.43. The molecule has 4 rings (SSSR count). The van der Waals surface area contributed by atoms with Crippen LogP contribution in [-0.4, -0.2) is 21.5 Å². The van der Waals surface area contributed by atoms with E-state index in [-0.39, 0.29) is 21.0 Å². The topological polar surface area (TPSA) is 63.7 Å². The highest BCUT2D eigenvalue weighted by atomic mass is 32.2. The fourth-order valence-corrected chi connectivity index (χ4v) is 6.15. The monoisotopic (exact) mass is 523 g/mol. The molecular weight excluding hydrogens is 506 g/mol. The van der Waals surface area contributed by atoms with E-state index in [9.17, 15) is 30.8 Å². The first kappa shape index (κ1) is 24.7. The van der Waals surface area contributed by atoms with Crippen molar-refractivity contribution in [2.45, 2.75) is 17.6 Å². The zero-order chi connectivity index (χ0) is 25.4. The summed E-state index contributed by atoms with van der Waals surface area (Å²) in [5.74, 6) is -2.10. The van der Waals surface area contributed by atoms with Crippen molar-refractivity contribution in [2.75, 3.05) is 11.4 Å². The maximum absolute atomic E-state index is 13.8. The van der Waals surface area contributed by atoms with E-state index in [1.165, 1.54) is 31.4 Å². The van der Waals surface area contributed by atoms with Crippen LogP contribution in [0.15, 0.2) is 77.7 Å². The summed E-state index contributed by atoms with van der Waals surface area (Å²) in [6.07, 6.45) is -4.94. The summed E-state index contributed by atoms with van der Waals surface area (Å²) in [5, 5.41) is 1.02. The second kappa shape index (κ2) is 9.31. The van der Waals surface area contributed by atoms with Crippen LogP contribution in [-0.2, 0) is 27.5 Å². The molecule has 0 atom stereocenters. The van der Waals surface area contributed by atoms with Gasteiger partial charge < -0.3 is 4.74 Å². The van der Waals surface area contributed by atoms with Gasteiger partial charge in [0, 0.05) is 4.70 Å². The summed E-state index contributed by atoms with van der Waals surface area (Å²) in [4.78, 5) is 11.5. The van der Waals surface area contributed by atoms with Gasteiger partial charge in [0.1, 0.15) is 10.8 Å². The third kappa shape index (κ3) is 5.01. The summed E-state index contributed by atoms with van der Waals surface area (Å²) < 4.78 is 87.2. The number of sulfonamides is 1. The van der Waals surface area contributed by atoms with E-state index in [4.69, 9.17) is 0 Å². The molecule has 0 amide bonds. The highest BCUT2D eigenvalue weighted by molar-refractivity contribution is 7.93. The number of hydrogen-bond acceptors (Lipinski definition) is 5. The number of alkyl halides is 3. The molecule has 0 saturated heterocycles. The number of carbonyl (C=O) groups is 1. The van der Waals surface area contributed by atoms with Crippen molar-refractivity contribution in [2.24, 2.45) is 0 Å². The van der Waals surface area contributed by atoms with Gasteiger partial charge in [-0.3, -0.25) is 4.31 Å². The number of thiophene rings is 1. The molecule has 0 bridgehead atoms. The van der Waals surface area contributed by atoms with Crippen LogP contribution >= 0.6 is 11.3 Å². The Balaban J connectivity index is 1.81. The van der Waals surface area contributed by atoms with E-state index < -0.39 is 40.1 Å². The van der Waals surface area contributed by atoms with E-state index in [1.54, 1.807) is 30.3 Å². The number of methoxy groups -OCH3 is 1. The Morgan fingerprint density at radius 2 is 1.69 bits per heavy atom. The standard InChI is InChI=1S/C24H17F4NO4S2/c1-33-23(30)16-7-9-18(10-8-16)35(31,32)29(22-13-17-4-2-3-5-21(17)34-22)14-15-6-11-20(25)19(12-15)24(26,27)28/h2-13H,14H2,1H3. The zero-order valence-corrected chi connectivity index (χ0v) is 19.7. The van der Waals surface area contributed by atoms with Gasteiger partial charge in [0.05, 0.1) is 29.7 Å². The number of ether oxygens (including phenoxy) is 1. The van der Waals surface area contributed by atoms with E-state index >= 15 is 0 Å². The first-order valence-electron chi connectivity index (χ1n) is 10.1. The molecule has 0 aliphatic rings. The molecule has 11 heteroatoms. The van der Waals surface area contributed by atoms with Crippen LogP contribution in [0.5, 0.6) is 0 Å². The van der Waals surface area contributed by atoms with Gasteiger partial charge >= 0.3 is 12.1 Å². The number of esters is 1. The Morgan fingerprint density at radius 1 is 1.00 bits per heavy atom. The van der Waals surface area contributed by atoms with Crippen LogP contribution in [0, 0.1) is 5.82 Å². The molecule has 0 aliphatic heterocycles. The fraction of sp³-hybridized carbons (Fsp3) is 0.125.